The summed E-state index contributed by atoms with van der Waals surface area (Å²) in [6.07, 6.45) is 4.14. The Balaban J connectivity index is 1.10. The van der Waals surface area contributed by atoms with Crippen LogP contribution in [0.1, 0.15) is 53.3 Å². The van der Waals surface area contributed by atoms with Crippen molar-refractivity contribution in [3.05, 3.63) is 130 Å². The molecule has 7 rings (SSSR count). The fourth-order valence-electron chi connectivity index (χ4n) is 7.24. The smallest absolute Gasteiger partial charge is 0.337 e. The normalized spacial score (nSPS) is 14.2. The predicted molar refractivity (Wildman–Crippen MR) is 219 cm³/mol. The number of amides is 1. The number of methoxy groups -OCH3 is 3. The Kier molecular flexibility index (Phi) is 11.3. The van der Waals surface area contributed by atoms with Crippen molar-refractivity contribution in [2.24, 2.45) is 9.98 Å². The second kappa shape index (κ2) is 16.8. The molecule has 1 unspecified atom stereocenters. The summed E-state index contributed by atoms with van der Waals surface area (Å²) in [5, 5.41) is 0. The monoisotopic (exact) mass is 766 g/mol. The third kappa shape index (κ3) is 7.93. The van der Waals surface area contributed by atoms with Crippen LogP contribution < -0.4 is 28.7 Å². The minimum atomic E-state index is -0.538. The number of ether oxygens (including phenoxy) is 5. The largest absolute Gasteiger partial charge is 0.493 e. The van der Waals surface area contributed by atoms with Gasteiger partial charge in [-0.25, -0.2) is 4.79 Å². The van der Waals surface area contributed by atoms with Crippen LogP contribution in [-0.4, -0.2) is 72.1 Å². The summed E-state index contributed by atoms with van der Waals surface area (Å²) in [4.78, 5) is 51.4. The second-order valence-electron chi connectivity index (χ2n) is 13.6. The lowest BCUT2D eigenvalue weighted by Crippen LogP contribution is -2.29. The molecule has 1 amide bonds. The molecule has 12 heteroatoms. The van der Waals surface area contributed by atoms with E-state index < -0.39 is 5.97 Å². The predicted octanol–water partition coefficient (Wildman–Crippen LogP) is 7.76. The topological polar surface area (TPSA) is 129 Å². The first-order valence-corrected chi connectivity index (χ1v) is 18.3. The van der Waals surface area contributed by atoms with Crippen LogP contribution in [0.5, 0.6) is 23.0 Å². The van der Waals surface area contributed by atoms with E-state index in [-0.39, 0.29) is 25.2 Å². The highest BCUT2D eigenvalue weighted by molar-refractivity contribution is 6.11. The van der Waals surface area contributed by atoms with Crippen LogP contribution in [0.4, 0.5) is 22.7 Å². The third-order valence-electron chi connectivity index (χ3n) is 10.2. The number of nitrogens with zero attached hydrogens (tertiary/aromatic N) is 4. The van der Waals surface area contributed by atoms with Gasteiger partial charge in [-0.3, -0.25) is 19.6 Å². The molecular weight excluding hydrogens is 725 g/mol. The zero-order valence-electron chi connectivity index (χ0n) is 32.2. The number of esters is 1. The van der Waals surface area contributed by atoms with Gasteiger partial charge in [-0.1, -0.05) is 36.4 Å². The van der Waals surface area contributed by atoms with Crippen LogP contribution in [0.15, 0.2) is 101 Å². The Hall–Kier alpha value is -6.95. The lowest BCUT2D eigenvalue weighted by Gasteiger charge is -2.20. The number of fused-ring (bicyclic) bond motifs is 2. The van der Waals surface area contributed by atoms with E-state index in [0.717, 1.165) is 36.1 Å². The van der Waals surface area contributed by atoms with Gasteiger partial charge in [0.1, 0.15) is 13.2 Å². The summed E-state index contributed by atoms with van der Waals surface area (Å²) >= 11 is 0. The summed E-state index contributed by atoms with van der Waals surface area (Å²) in [5.41, 5.74) is 7.38. The van der Waals surface area contributed by atoms with Crippen molar-refractivity contribution < 1.29 is 38.1 Å². The number of hydrogen-bond acceptors (Lipinski definition) is 11. The molecule has 0 aromatic heterocycles. The number of rotatable bonds is 14. The highest BCUT2D eigenvalue weighted by Crippen LogP contribution is 2.39. The highest BCUT2D eigenvalue weighted by atomic mass is 16.5. The van der Waals surface area contributed by atoms with E-state index in [9.17, 15) is 14.4 Å². The molecule has 0 saturated carbocycles. The van der Waals surface area contributed by atoms with Gasteiger partial charge in [-0.15, -0.1) is 0 Å². The molecule has 0 aliphatic carbocycles. The summed E-state index contributed by atoms with van der Waals surface area (Å²) in [6, 6.07) is 27.7. The molecule has 2 aliphatic heterocycles. The van der Waals surface area contributed by atoms with Gasteiger partial charge in [0.05, 0.1) is 49.9 Å². The molecule has 0 bridgehead atoms. The van der Waals surface area contributed by atoms with Crippen molar-refractivity contribution >= 4 is 53.8 Å². The van der Waals surface area contributed by atoms with Gasteiger partial charge in [0, 0.05) is 48.9 Å². The number of hydrogen-bond donors (Lipinski definition) is 0. The van der Waals surface area contributed by atoms with Gasteiger partial charge in [-0.05, 0) is 84.3 Å². The van der Waals surface area contributed by atoms with E-state index >= 15 is 0 Å². The molecule has 1 atom stereocenters. The maximum atomic E-state index is 13.8. The van der Waals surface area contributed by atoms with Crippen molar-refractivity contribution in [3.63, 3.8) is 0 Å². The lowest BCUT2D eigenvalue weighted by atomic mass is 10.1. The molecule has 2 heterocycles. The van der Waals surface area contributed by atoms with Crippen LogP contribution >= 0.6 is 0 Å². The quantitative estimate of drug-likeness (QED) is 0.0633. The molecule has 2 aliphatic rings. The molecule has 5 aromatic rings. The van der Waals surface area contributed by atoms with E-state index in [1.54, 1.807) is 41.3 Å². The van der Waals surface area contributed by atoms with Crippen LogP contribution in [0.2, 0.25) is 0 Å². The fourth-order valence-corrected chi connectivity index (χ4v) is 7.24. The maximum absolute atomic E-state index is 13.8. The second-order valence-corrected chi connectivity index (χ2v) is 13.6. The first-order valence-electron chi connectivity index (χ1n) is 18.3. The number of carbonyl (C=O) groups is 3. The minimum Gasteiger partial charge on any atom is -0.493 e. The van der Waals surface area contributed by atoms with Crippen LogP contribution in [0, 0.1) is 0 Å². The fraction of sp³-hybridized carbons (Fsp3) is 0.222. The molecule has 290 valence electrons. The van der Waals surface area contributed by atoms with Crippen molar-refractivity contribution in [1.29, 1.82) is 0 Å². The zero-order chi connectivity index (χ0) is 40.1. The zero-order valence-corrected chi connectivity index (χ0v) is 32.2. The summed E-state index contributed by atoms with van der Waals surface area (Å²) in [7, 11) is 6.32. The van der Waals surface area contributed by atoms with Gasteiger partial charge in [0.15, 0.2) is 29.3 Å². The van der Waals surface area contributed by atoms with Crippen molar-refractivity contribution in [3.8, 4) is 23.0 Å². The first kappa shape index (κ1) is 38.3. The Morgan fingerprint density at radius 3 is 2.05 bits per heavy atom. The van der Waals surface area contributed by atoms with Gasteiger partial charge < -0.3 is 33.5 Å². The molecule has 57 heavy (non-hydrogen) atoms. The maximum Gasteiger partial charge on any atom is 0.337 e. The molecule has 0 fully saturated rings. The standard InChI is InChI=1S/C45H42N4O8/c1-46-37-23-43(41(54-4)21-35(37)44(51)49-15-14-30-10-6-9-13-39(30)49)57-27-29-16-28(17-32(18-29)45(52)55-5)26-56-42-22-36(33(25-50)20-40(42)53-3)47-24-34-19-31-11-7-8-12-38(31)48(34)2/h6-13,16-18,20-25,34H,1,14-15,19,26-27H2,2-5H3. The highest BCUT2D eigenvalue weighted by Gasteiger charge is 2.28. The van der Waals surface area contributed by atoms with E-state index in [4.69, 9.17) is 28.7 Å². The summed E-state index contributed by atoms with van der Waals surface area (Å²) < 4.78 is 28.8. The SMILES string of the molecule is C=Nc1cc(OCc2cc(COc3cc(N=CC4Cc5ccccc5N4C)c(C=O)cc3OC)cc(C(=O)OC)c2)c(OC)cc1C(=O)N1CCc2ccccc21. The lowest BCUT2D eigenvalue weighted by molar-refractivity contribution is 0.0600. The number of benzene rings is 5. The van der Waals surface area contributed by atoms with Gasteiger partial charge in [0.25, 0.3) is 5.91 Å². The first-order chi connectivity index (χ1) is 27.7. The number of carbonyl (C=O) groups excluding carboxylic acids is 3. The third-order valence-corrected chi connectivity index (χ3v) is 10.2. The molecule has 0 N–H and O–H groups in total. The number of para-hydroxylation sites is 2. The average molecular weight is 767 g/mol. The van der Waals surface area contributed by atoms with Crippen LogP contribution in [-0.2, 0) is 30.8 Å². The van der Waals surface area contributed by atoms with Gasteiger partial charge in [0.2, 0.25) is 0 Å². The van der Waals surface area contributed by atoms with E-state index in [1.807, 2.05) is 55.7 Å². The number of aliphatic imine (C=N–C) groups is 2. The minimum absolute atomic E-state index is 0.0168. The molecule has 5 aromatic carbocycles. The Labute approximate surface area is 330 Å². The molecule has 12 nitrogen and oxygen atoms in total. The summed E-state index contributed by atoms with van der Waals surface area (Å²) in [5.74, 6) is 0.624. The van der Waals surface area contributed by atoms with E-state index in [1.165, 1.54) is 26.9 Å². The number of likely N-dealkylation sites (N-methyl/N-ethyl adjacent to an activating group) is 1. The summed E-state index contributed by atoms with van der Waals surface area (Å²) in [6.45, 7) is 4.31. The van der Waals surface area contributed by atoms with E-state index in [2.05, 4.69) is 28.7 Å². The Morgan fingerprint density at radius 1 is 0.789 bits per heavy atom. The van der Waals surface area contributed by atoms with Crippen LogP contribution in [0.25, 0.3) is 0 Å². The van der Waals surface area contributed by atoms with Gasteiger partial charge in [-0.2, -0.15) is 0 Å². The molecule has 0 radical (unpaired) electrons. The Morgan fingerprint density at radius 2 is 1.42 bits per heavy atom. The van der Waals surface area contributed by atoms with Crippen molar-refractivity contribution in [2.45, 2.75) is 32.1 Å². The molecular formula is C45H42N4O8. The number of aldehydes is 1. The molecule has 0 spiro atoms. The number of anilines is 2. The van der Waals surface area contributed by atoms with Crippen molar-refractivity contribution in [1.82, 2.24) is 0 Å². The molecule has 0 saturated heterocycles. The average Bonchev–Trinajstić information content (AvgIpc) is 3.83. The van der Waals surface area contributed by atoms with Crippen molar-refractivity contribution in [2.75, 3.05) is 44.7 Å². The Bertz CT molecular complexity index is 2390. The van der Waals surface area contributed by atoms with Gasteiger partial charge >= 0.3 is 5.97 Å². The van der Waals surface area contributed by atoms with Crippen LogP contribution in [0.3, 0.4) is 0 Å². The van der Waals surface area contributed by atoms with E-state index in [0.29, 0.717) is 68.7 Å².